The van der Waals surface area contributed by atoms with Gasteiger partial charge in [-0.1, -0.05) is 37.4 Å². The molecule has 0 aromatic carbocycles. The van der Waals surface area contributed by atoms with Crippen molar-refractivity contribution in [1.29, 1.82) is 0 Å². The van der Waals surface area contributed by atoms with Crippen molar-refractivity contribution < 1.29 is 0 Å². The minimum Gasteiger partial charge on any atom is -0.316 e. The van der Waals surface area contributed by atoms with Gasteiger partial charge >= 0.3 is 0 Å². The first-order valence-corrected chi connectivity index (χ1v) is 7.37. The molecule has 1 aromatic rings. The zero-order valence-corrected chi connectivity index (χ0v) is 11.5. The van der Waals surface area contributed by atoms with Gasteiger partial charge in [-0.15, -0.1) is 10.2 Å². The molecule has 96 valence electrons. The van der Waals surface area contributed by atoms with Gasteiger partial charge in [0.25, 0.3) is 0 Å². The number of hydrogen-bond donors (Lipinski definition) is 1. The minimum atomic E-state index is 0.608. The number of aromatic nitrogens is 3. The van der Waals surface area contributed by atoms with Crippen LogP contribution < -0.4 is 5.32 Å². The maximum atomic E-state index is 4.18. The molecule has 1 aliphatic carbocycles. The van der Waals surface area contributed by atoms with Crippen LogP contribution in [0, 0.1) is 0 Å². The van der Waals surface area contributed by atoms with Crippen LogP contribution in [-0.2, 0) is 7.05 Å². The van der Waals surface area contributed by atoms with E-state index in [2.05, 4.69) is 22.6 Å². The molecule has 2 unspecified atom stereocenters. The van der Waals surface area contributed by atoms with Gasteiger partial charge in [0.05, 0.1) is 0 Å². The Labute approximate surface area is 108 Å². The van der Waals surface area contributed by atoms with E-state index >= 15 is 0 Å². The highest BCUT2D eigenvalue weighted by Crippen LogP contribution is 2.31. The highest BCUT2D eigenvalue weighted by atomic mass is 32.2. The van der Waals surface area contributed by atoms with Crippen LogP contribution >= 0.6 is 11.8 Å². The summed E-state index contributed by atoms with van der Waals surface area (Å²) in [5.74, 6) is 0. The normalized spacial score (nSPS) is 26.5. The fraction of sp³-hybridized carbons (Fsp3) is 0.833. The van der Waals surface area contributed by atoms with E-state index in [0.717, 1.165) is 5.16 Å². The standard InChI is InChI=1S/C12H22N4S/c1-13-10-7-5-3-4-6-8-11(10)17-12-15-14-9-16(12)2/h9-11,13H,3-8H2,1-2H3. The lowest BCUT2D eigenvalue weighted by Crippen LogP contribution is -2.36. The summed E-state index contributed by atoms with van der Waals surface area (Å²) in [6.07, 6.45) is 9.80. The molecule has 1 aromatic heterocycles. The zero-order chi connectivity index (χ0) is 12.1. The number of nitrogens with one attached hydrogen (secondary N) is 1. The Morgan fingerprint density at radius 3 is 2.71 bits per heavy atom. The first kappa shape index (κ1) is 12.9. The summed E-state index contributed by atoms with van der Waals surface area (Å²) in [5, 5.41) is 13.3. The Bertz CT molecular complexity index is 339. The SMILES string of the molecule is CNC1CCCCCCC1Sc1nncn1C. The van der Waals surface area contributed by atoms with Crippen molar-refractivity contribution in [3.8, 4) is 0 Å². The van der Waals surface area contributed by atoms with Crippen molar-refractivity contribution in [2.24, 2.45) is 7.05 Å². The molecule has 0 saturated heterocycles. The monoisotopic (exact) mass is 254 g/mol. The van der Waals surface area contributed by atoms with Crippen LogP contribution in [0.1, 0.15) is 38.5 Å². The van der Waals surface area contributed by atoms with Gasteiger partial charge in [0.1, 0.15) is 6.33 Å². The van der Waals surface area contributed by atoms with Crippen molar-refractivity contribution in [2.75, 3.05) is 7.05 Å². The van der Waals surface area contributed by atoms with Gasteiger partial charge in [0.2, 0.25) is 0 Å². The maximum absolute atomic E-state index is 4.18. The van der Waals surface area contributed by atoms with Gasteiger partial charge in [0.15, 0.2) is 5.16 Å². The lowest BCUT2D eigenvalue weighted by Gasteiger charge is -2.28. The van der Waals surface area contributed by atoms with E-state index in [-0.39, 0.29) is 0 Å². The molecule has 0 radical (unpaired) electrons. The molecule has 5 heteroatoms. The molecule has 2 rings (SSSR count). The Hall–Kier alpha value is -0.550. The first-order chi connectivity index (χ1) is 8.31. The van der Waals surface area contributed by atoms with Crippen LogP contribution in [0.2, 0.25) is 0 Å². The van der Waals surface area contributed by atoms with Crippen molar-refractivity contribution in [3.05, 3.63) is 6.33 Å². The van der Waals surface area contributed by atoms with Crippen LogP contribution in [0.5, 0.6) is 0 Å². The van der Waals surface area contributed by atoms with E-state index in [1.807, 2.05) is 23.4 Å². The fourth-order valence-electron chi connectivity index (χ4n) is 2.44. The average Bonchev–Trinajstić information content (AvgIpc) is 2.69. The molecule has 1 aliphatic rings. The molecular weight excluding hydrogens is 232 g/mol. The van der Waals surface area contributed by atoms with Gasteiger partial charge in [-0.05, 0) is 19.9 Å². The Kier molecular flexibility index (Phi) is 4.86. The van der Waals surface area contributed by atoms with E-state index in [9.17, 15) is 0 Å². The molecule has 0 amide bonds. The van der Waals surface area contributed by atoms with Crippen molar-refractivity contribution in [2.45, 2.75) is 55.0 Å². The summed E-state index contributed by atoms with van der Waals surface area (Å²) in [5.41, 5.74) is 0. The molecule has 0 spiro atoms. The van der Waals surface area contributed by atoms with Crippen LogP contribution in [0.3, 0.4) is 0 Å². The molecule has 1 fully saturated rings. The largest absolute Gasteiger partial charge is 0.316 e. The lowest BCUT2D eigenvalue weighted by molar-refractivity contribution is 0.419. The number of hydrogen-bond acceptors (Lipinski definition) is 4. The van der Waals surface area contributed by atoms with Crippen molar-refractivity contribution in [1.82, 2.24) is 20.1 Å². The topological polar surface area (TPSA) is 42.7 Å². The van der Waals surface area contributed by atoms with Crippen LogP contribution in [0.25, 0.3) is 0 Å². The van der Waals surface area contributed by atoms with Gasteiger partial charge in [-0.2, -0.15) is 0 Å². The lowest BCUT2D eigenvalue weighted by atomic mass is 9.96. The summed E-state index contributed by atoms with van der Waals surface area (Å²) in [6, 6.07) is 0.608. The third kappa shape index (κ3) is 3.45. The second-order valence-electron chi connectivity index (χ2n) is 4.77. The van der Waals surface area contributed by atoms with Gasteiger partial charge in [0, 0.05) is 18.3 Å². The summed E-state index contributed by atoms with van der Waals surface area (Å²) in [4.78, 5) is 0. The molecule has 17 heavy (non-hydrogen) atoms. The second kappa shape index (κ2) is 6.40. The number of thioether (sulfide) groups is 1. The predicted octanol–water partition coefficient (Wildman–Crippen LogP) is 2.22. The third-order valence-corrected chi connectivity index (χ3v) is 4.95. The van der Waals surface area contributed by atoms with Crippen LogP contribution in [-0.4, -0.2) is 33.1 Å². The number of rotatable bonds is 3. The Morgan fingerprint density at radius 2 is 2.06 bits per heavy atom. The van der Waals surface area contributed by atoms with Crippen LogP contribution in [0.15, 0.2) is 11.5 Å². The van der Waals surface area contributed by atoms with E-state index in [1.165, 1.54) is 38.5 Å². The molecule has 1 saturated carbocycles. The predicted molar refractivity (Wildman–Crippen MR) is 71.2 cm³/mol. The number of nitrogens with zero attached hydrogens (tertiary/aromatic N) is 3. The van der Waals surface area contributed by atoms with E-state index in [1.54, 1.807) is 6.33 Å². The van der Waals surface area contributed by atoms with Crippen molar-refractivity contribution >= 4 is 11.8 Å². The highest BCUT2D eigenvalue weighted by molar-refractivity contribution is 7.99. The van der Waals surface area contributed by atoms with E-state index in [0.29, 0.717) is 11.3 Å². The highest BCUT2D eigenvalue weighted by Gasteiger charge is 2.23. The van der Waals surface area contributed by atoms with Gasteiger partial charge < -0.3 is 9.88 Å². The maximum Gasteiger partial charge on any atom is 0.191 e. The summed E-state index contributed by atoms with van der Waals surface area (Å²) in [7, 11) is 4.09. The zero-order valence-electron chi connectivity index (χ0n) is 10.7. The molecule has 4 nitrogen and oxygen atoms in total. The fourth-order valence-corrected chi connectivity index (χ4v) is 3.74. The molecular formula is C12H22N4S. The van der Waals surface area contributed by atoms with E-state index < -0.39 is 0 Å². The Balaban J connectivity index is 2.01. The smallest absolute Gasteiger partial charge is 0.191 e. The molecule has 0 bridgehead atoms. The second-order valence-corrected chi connectivity index (χ2v) is 5.97. The minimum absolute atomic E-state index is 0.608. The van der Waals surface area contributed by atoms with Gasteiger partial charge in [-0.25, -0.2) is 0 Å². The average molecular weight is 254 g/mol. The quantitative estimate of drug-likeness (QED) is 0.898. The summed E-state index contributed by atoms with van der Waals surface area (Å²) in [6.45, 7) is 0. The van der Waals surface area contributed by atoms with Crippen LogP contribution in [0.4, 0.5) is 0 Å². The number of aryl methyl sites for hydroxylation is 1. The molecule has 1 N–H and O–H groups in total. The molecule has 2 atom stereocenters. The summed E-state index contributed by atoms with van der Waals surface area (Å²) >= 11 is 1.88. The third-order valence-electron chi connectivity index (χ3n) is 3.50. The molecule has 0 aliphatic heterocycles. The Morgan fingerprint density at radius 1 is 1.29 bits per heavy atom. The first-order valence-electron chi connectivity index (χ1n) is 6.49. The molecule has 1 heterocycles. The van der Waals surface area contributed by atoms with Gasteiger partial charge in [-0.3, -0.25) is 0 Å². The van der Waals surface area contributed by atoms with E-state index in [4.69, 9.17) is 0 Å². The summed E-state index contributed by atoms with van der Waals surface area (Å²) < 4.78 is 2.01. The van der Waals surface area contributed by atoms with Crippen molar-refractivity contribution in [3.63, 3.8) is 0 Å².